The van der Waals surface area contributed by atoms with Crippen molar-refractivity contribution in [3.05, 3.63) is 28.2 Å². The van der Waals surface area contributed by atoms with Crippen molar-refractivity contribution in [2.45, 2.75) is 25.9 Å². The molecule has 5 nitrogen and oxygen atoms in total. The molecule has 0 aliphatic carbocycles. The summed E-state index contributed by atoms with van der Waals surface area (Å²) in [5, 5.41) is 12.8. The van der Waals surface area contributed by atoms with E-state index in [0.717, 1.165) is 12.8 Å². The minimum atomic E-state index is -0.718. The lowest BCUT2D eigenvalue weighted by atomic mass is 9.93. The van der Waals surface area contributed by atoms with E-state index in [0.29, 0.717) is 28.8 Å². The van der Waals surface area contributed by atoms with Crippen LogP contribution in [0.4, 0.5) is 5.69 Å². The van der Waals surface area contributed by atoms with Gasteiger partial charge in [0, 0.05) is 24.7 Å². The first-order chi connectivity index (χ1) is 10.4. The van der Waals surface area contributed by atoms with E-state index in [1.165, 1.54) is 11.0 Å². The first-order valence-electron chi connectivity index (χ1n) is 7.12. The van der Waals surface area contributed by atoms with Gasteiger partial charge in [0.15, 0.2) is 0 Å². The van der Waals surface area contributed by atoms with E-state index in [9.17, 15) is 14.7 Å². The lowest BCUT2D eigenvalue weighted by Gasteiger charge is -2.33. The van der Waals surface area contributed by atoms with Crippen LogP contribution in [0, 0.1) is 5.92 Å². The number of benzene rings is 1. The predicted molar refractivity (Wildman–Crippen MR) is 86.1 cm³/mol. The van der Waals surface area contributed by atoms with Crippen LogP contribution in [0.3, 0.4) is 0 Å². The van der Waals surface area contributed by atoms with Crippen molar-refractivity contribution in [2.24, 2.45) is 5.92 Å². The van der Waals surface area contributed by atoms with Gasteiger partial charge in [0.25, 0.3) is 0 Å². The number of amides is 2. The van der Waals surface area contributed by atoms with E-state index in [-0.39, 0.29) is 5.92 Å². The highest BCUT2D eigenvalue weighted by atomic mass is 35.5. The van der Waals surface area contributed by atoms with Crippen molar-refractivity contribution in [1.29, 1.82) is 0 Å². The van der Waals surface area contributed by atoms with Gasteiger partial charge in [-0.15, -0.1) is 0 Å². The molecule has 2 atom stereocenters. The van der Waals surface area contributed by atoms with Gasteiger partial charge in [-0.3, -0.25) is 9.59 Å². The van der Waals surface area contributed by atoms with E-state index in [1.807, 2.05) is 0 Å². The molecule has 1 fully saturated rings. The number of rotatable bonds is 2. The summed E-state index contributed by atoms with van der Waals surface area (Å²) in [5.41, 5.74) is 0.414. The van der Waals surface area contributed by atoms with Gasteiger partial charge in [-0.25, -0.2) is 0 Å². The number of aliphatic hydroxyl groups is 1. The largest absolute Gasteiger partial charge is 0.393 e. The molecule has 1 heterocycles. The molecule has 0 radical (unpaired) electrons. The number of likely N-dealkylation sites (tertiary alicyclic amines) is 1. The van der Waals surface area contributed by atoms with E-state index < -0.39 is 17.9 Å². The fraction of sp³-hybridized carbons (Fsp3) is 0.467. The first-order valence-corrected chi connectivity index (χ1v) is 7.87. The van der Waals surface area contributed by atoms with Gasteiger partial charge in [0.1, 0.15) is 0 Å². The molecule has 22 heavy (non-hydrogen) atoms. The first kappa shape index (κ1) is 17.1. The molecule has 2 N–H and O–H groups in total. The zero-order valence-electron chi connectivity index (χ0n) is 12.2. The standard InChI is InChI=1S/C15H18Cl2N2O3/c1-9(20)10-3-2-6-19(8-10)15(22)14(21)18-11-4-5-12(16)13(17)7-11/h4-5,7,9-10,20H,2-3,6,8H2,1H3,(H,18,21). The highest BCUT2D eigenvalue weighted by Gasteiger charge is 2.29. The molecule has 2 amide bonds. The van der Waals surface area contributed by atoms with Crippen LogP contribution in [-0.4, -0.2) is 41.0 Å². The molecule has 1 aromatic carbocycles. The monoisotopic (exact) mass is 344 g/mol. The summed E-state index contributed by atoms with van der Waals surface area (Å²) in [6, 6.07) is 4.62. The number of carbonyl (C=O) groups excluding carboxylic acids is 2. The molecule has 1 saturated heterocycles. The van der Waals surface area contributed by atoms with Crippen LogP contribution in [0.15, 0.2) is 18.2 Å². The number of anilines is 1. The second-order valence-electron chi connectivity index (χ2n) is 5.48. The van der Waals surface area contributed by atoms with Gasteiger partial charge >= 0.3 is 11.8 Å². The number of aliphatic hydroxyl groups excluding tert-OH is 1. The Morgan fingerprint density at radius 1 is 1.36 bits per heavy atom. The van der Waals surface area contributed by atoms with Crippen LogP contribution in [0.1, 0.15) is 19.8 Å². The fourth-order valence-corrected chi connectivity index (χ4v) is 2.79. The zero-order valence-corrected chi connectivity index (χ0v) is 13.7. The number of nitrogens with one attached hydrogen (secondary N) is 1. The minimum absolute atomic E-state index is 0.00970. The van der Waals surface area contributed by atoms with Gasteiger partial charge in [0.2, 0.25) is 0 Å². The molecule has 7 heteroatoms. The third kappa shape index (κ3) is 4.12. The van der Waals surface area contributed by atoms with Crippen molar-refractivity contribution >= 4 is 40.7 Å². The summed E-state index contributed by atoms with van der Waals surface area (Å²) in [4.78, 5) is 25.7. The Kier molecular flexibility index (Phi) is 5.67. The van der Waals surface area contributed by atoms with Crippen molar-refractivity contribution in [3.8, 4) is 0 Å². The average molecular weight is 345 g/mol. The third-order valence-corrected chi connectivity index (χ3v) is 4.54. The van der Waals surface area contributed by atoms with Crippen LogP contribution in [0.25, 0.3) is 0 Å². The van der Waals surface area contributed by atoms with Crippen molar-refractivity contribution < 1.29 is 14.7 Å². The van der Waals surface area contributed by atoms with Gasteiger partial charge in [0.05, 0.1) is 16.1 Å². The van der Waals surface area contributed by atoms with Gasteiger partial charge in [-0.1, -0.05) is 23.2 Å². The number of piperidine rings is 1. The number of carbonyl (C=O) groups is 2. The predicted octanol–water partition coefficient (Wildman–Crippen LogP) is 2.55. The second kappa shape index (κ2) is 7.31. The summed E-state index contributed by atoms with van der Waals surface area (Å²) in [5.74, 6) is -1.31. The molecule has 2 rings (SSSR count). The molecular formula is C15H18Cl2N2O3. The van der Waals surface area contributed by atoms with Gasteiger partial charge in [-0.2, -0.15) is 0 Å². The Bertz CT molecular complexity index is 578. The Morgan fingerprint density at radius 3 is 2.73 bits per heavy atom. The van der Waals surface area contributed by atoms with Gasteiger partial charge in [-0.05, 0) is 38.0 Å². The minimum Gasteiger partial charge on any atom is -0.393 e. The Labute approximate surface area is 139 Å². The molecule has 1 aliphatic heterocycles. The maximum absolute atomic E-state index is 12.2. The maximum Gasteiger partial charge on any atom is 0.313 e. The number of hydrogen-bond donors (Lipinski definition) is 2. The average Bonchev–Trinajstić information content (AvgIpc) is 2.50. The smallest absolute Gasteiger partial charge is 0.313 e. The SMILES string of the molecule is CC(O)C1CCCN(C(=O)C(=O)Nc2ccc(Cl)c(Cl)c2)C1. The molecule has 0 bridgehead atoms. The summed E-state index contributed by atoms with van der Waals surface area (Å²) < 4.78 is 0. The molecule has 0 spiro atoms. The van der Waals surface area contributed by atoms with Gasteiger partial charge < -0.3 is 15.3 Å². The second-order valence-corrected chi connectivity index (χ2v) is 6.29. The van der Waals surface area contributed by atoms with Crippen LogP contribution < -0.4 is 5.32 Å². The molecule has 0 saturated carbocycles. The molecule has 0 aromatic heterocycles. The van der Waals surface area contributed by atoms with E-state index >= 15 is 0 Å². The fourth-order valence-electron chi connectivity index (χ4n) is 2.49. The highest BCUT2D eigenvalue weighted by molar-refractivity contribution is 6.42. The van der Waals surface area contributed by atoms with Crippen molar-refractivity contribution in [3.63, 3.8) is 0 Å². The quantitative estimate of drug-likeness (QED) is 0.810. The van der Waals surface area contributed by atoms with E-state index in [2.05, 4.69) is 5.32 Å². The highest BCUT2D eigenvalue weighted by Crippen LogP contribution is 2.25. The normalized spacial score (nSPS) is 19.6. The summed E-state index contributed by atoms with van der Waals surface area (Å²) >= 11 is 11.7. The Balaban J connectivity index is 1.99. The maximum atomic E-state index is 12.2. The number of halogens is 2. The van der Waals surface area contributed by atoms with E-state index in [4.69, 9.17) is 23.2 Å². The van der Waals surface area contributed by atoms with Crippen LogP contribution >= 0.6 is 23.2 Å². The van der Waals surface area contributed by atoms with Crippen LogP contribution in [-0.2, 0) is 9.59 Å². The van der Waals surface area contributed by atoms with Crippen LogP contribution in [0.2, 0.25) is 10.0 Å². The zero-order chi connectivity index (χ0) is 16.3. The molecule has 1 aliphatic rings. The summed E-state index contributed by atoms with van der Waals surface area (Å²) in [6.07, 6.45) is 1.14. The number of hydrogen-bond acceptors (Lipinski definition) is 3. The topological polar surface area (TPSA) is 69.6 Å². The summed E-state index contributed by atoms with van der Waals surface area (Å²) in [6.45, 7) is 2.62. The van der Waals surface area contributed by atoms with Crippen molar-refractivity contribution in [2.75, 3.05) is 18.4 Å². The molecule has 120 valence electrons. The lowest BCUT2D eigenvalue weighted by Crippen LogP contribution is -2.47. The van der Waals surface area contributed by atoms with Crippen molar-refractivity contribution in [1.82, 2.24) is 4.90 Å². The molecule has 2 unspecified atom stereocenters. The number of nitrogens with zero attached hydrogens (tertiary/aromatic N) is 1. The lowest BCUT2D eigenvalue weighted by molar-refractivity contribution is -0.144. The summed E-state index contributed by atoms with van der Waals surface area (Å²) in [7, 11) is 0. The van der Waals surface area contributed by atoms with E-state index in [1.54, 1.807) is 19.1 Å². The van der Waals surface area contributed by atoms with Crippen LogP contribution in [0.5, 0.6) is 0 Å². The molecular weight excluding hydrogens is 327 g/mol. The Hall–Kier alpha value is -1.30. The third-order valence-electron chi connectivity index (χ3n) is 3.80. The molecule has 1 aromatic rings. The Morgan fingerprint density at radius 2 is 2.09 bits per heavy atom.